The molecule has 20 heavy (non-hydrogen) atoms. The predicted molar refractivity (Wildman–Crippen MR) is 80.3 cm³/mol. The summed E-state index contributed by atoms with van der Waals surface area (Å²) in [5.74, 6) is -0.118. The van der Waals surface area contributed by atoms with Crippen LogP contribution in [0.25, 0.3) is 0 Å². The number of hydrogen-bond acceptors (Lipinski definition) is 3. The van der Waals surface area contributed by atoms with Crippen molar-refractivity contribution >= 4 is 11.9 Å². The number of carbonyl (C=O) groups excluding carboxylic acids is 1. The van der Waals surface area contributed by atoms with Crippen molar-refractivity contribution in [1.29, 1.82) is 0 Å². The van der Waals surface area contributed by atoms with Crippen LogP contribution < -0.4 is 11.1 Å². The lowest BCUT2D eigenvalue weighted by atomic mass is 9.85. The van der Waals surface area contributed by atoms with Gasteiger partial charge in [0.25, 0.3) is 0 Å². The molecule has 4 atom stereocenters. The Labute approximate surface area is 122 Å². The lowest BCUT2D eigenvalue weighted by Crippen LogP contribution is -2.43. The van der Waals surface area contributed by atoms with Crippen LogP contribution in [0.5, 0.6) is 0 Å². The predicted octanol–water partition coefficient (Wildman–Crippen LogP) is 2.00. The largest absolute Gasteiger partial charge is 0.481 e. The van der Waals surface area contributed by atoms with Crippen LogP contribution in [0.15, 0.2) is 0 Å². The highest BCUT2D eigenvalue weighted by Gasteiger charge is 2.25. The Bertz CT molecular complexity index is 307. The zero-order valence-electron chi connectivity index (χ0n) is 13.2. The standard InChI is InChI=1S/C15H30N2O3/c1-5-11(3)12(4)13(8-15(19)20)17-14(18)7-6-10(2)9-16/h10-13H,5-9,16H2,1-4H3,(H,17,18)(H,19,20). The Morgan fingerprint density at radius 3 is 2.30 bits per heavy atom. The van der Waals surface area contributed by atoms with E-state index >= 15 is 0 Å². The van der Waals surface area contributed by atoms with Crippen molar-refractivity contribution in [3.8, 4) is 0 Å². The molecule has 0 saturated heterocycles. The number of amides is 1. The molecule has 4 N–H and O–H groups in total. The molecule has 0 aliphatic rings. The van der Waals surface area contributed by atoms with Gasteiger partial charge in [0.1, 0.15) is 0 Å². The van der Waals surface area contributed by atoms with Crippen LogP contribution in [-0.4, -0.2) is 29.6 Å². The molecule has 0 radical (unpaired) electrons. The van der Waals surface area contributed by atoms with Crippen molar-refractivity contribution in [2.24, 2.45) is 23.5 Å². The summed E-state index contributed by atoms with van der Waals surface area (Å²) in [6.45, 7) is 8.73. The fourth-order valence-electron chi connectivity index (χ4n) is 2.10. The molecule has 1 amide bonds. The third-order valence-corrected chi connectivity index (χ3v) is 4.18. The second-order valence-corrected chi connectivity index (χ2v) is 5.90. The highest BCUT2D eigenvalue weighted by molar-refractivity contribution is 5.77. The molecule has 0 aromatic heterocycles. The average Bonchev–Trinajstić information content (AvgIpc) is 2.41. The first-order valence-electron chi connectivity index (χ1n) is 7.52. The third kappa shape index (κ3) is 7.48. The Hall–Kier alpha value is -1.10. The molecule has 0 aromatic carbocycles. The molecule has 5 heteroatoms. The summed E-state index contributed by atoms with van der Waals surface area (Å²) < 4.78 is 0. The topological polar surface area (TPSA) is 92.4 Å². The van der Waals surface area contributed by atoms with Gasteiger partial charge in [0, 0.05) is 12.5 Å². The van der Waals surface area contributed by atoms with Crippen LogP contribution in [0.3, 0.4) is 0 Å². The first kappa shape index (κ1) is 18.9. The van der Waals surface area contributed by atoms with E-state index in [4.69, 9.17) is 10.8 Å². The molecule has 0 aliphatic carbocycles. The SMILES string of the molecule is CCC(C)C(C)C(CC(=O)O)NC(=O)CCC(C)CN. The lowest BCUT2D eigenvalue weighted by molar-refractivity contribution is -0.138. The fourth-order valence-corrected chi connectivity index (χ4v) is 2.10. The number of carbonyl (C=O) groups is 2. The number of carboxylic acid groups (broad SMARTS) is 1. The monoisotopic (exact) mass is 286 g/mol. The molecule has 0 spiro atoms. The normalized spacial score (nSPS) is 17.1. The van der Waals surface area contributed by atoms with Crippen LogP contribution in [0, 0.1) is 17.8 Å². The van der Waals surface area contributed by atoms with Gasteiger partial charge in [-0.25, -0.2) is 0 Å². The maximum atomic E-state index is 11.9. The van der Waals surface area contributed by atoms with Crippen LogP contribution >= 0.6 is 0 Å². The van der Waals surface area contributed by atoms with E-state index in [9.17, 15) is 9.59 Å². The van der Waals surface area contributed by atoms with E-state index < -0.39 is 5.97 Å². The van der Waals surface area contributed by atoms with Crippen LogP contribution in [-0.2, 0) is 9.59 Å². The van der Waals surface area contributed by atoms with E-state index in [1.54, 1.807) is 0 Å². The first-order chi connectivity index (χ1) is 9.31. The molecular weight excluding hydrogens is 256 g/mol. The summed E-state index contributed by atoms with van der Waals surface area (Å²) in [5.41, 5.74) is 5.52. The van der Waals surface area contributed by atoms with Gasteiger partial charge < -0.3 is 16.2 Å². The number of rotatable bonds is 10. The molecule has 5 nitrogen and oxygen atoms in total. The van der Waals surface area contributed by atoms with Crippen molar-refractivity contribution < 1.29 is 14.7 Å². The molecule has 0 bridgehead atoms. The molecule has 0 saturated carbocycles. The zero-order chi connectivity index (χ0) is 15.7. The van der Waals surface area contributed by atoms with E-state index in [0.717, 1.165) is 12.8 Å². The lowest BCUT2D eigenvalue weighted by Gasteiger charge is -2.28. The minimum absolute atomic E-state index is 0.0241. The van der Waals surface area contributed by atoms with Crippen molar-refractivity contribution in [2.45, 2.75) is 59.4 Å². The molecule has 0 fully saturated rings. The van der Waals surface area contributed by atoms with Crippen molar-refractivity contribution in [3.63, 3.8) is 0 Å². The molecule has 0 aliphatic heterocycles. The van der Waals surface area contributed by atoms with Crippen molar-refractivity contribution in [3.05, 3.63) is 0 Å². The summed E-state index contributed by atoms with van der Waals surface area (Å²) in [4.78, 5) is 22.9. The molecular formula is C15H30N2O3. The number of nitrogens with one attached hydrogen (secondary N) is 1. The molecule has 118 valence electrons. The summed E-state index contributed by atoms with van der Waals surface area (Å²) in [7, 11) is 0. The van der Waals surface area contributed by atoms with Crippen LogP contribution in [0.1, 0.15) is 53.4 Å². The minimum atomic E-state index is -0.874. The molecule has 0 heterocycles. The number of aliphatic carboxylic acids is 1. The highest BCUT2D eigenvalue weighted by Crippen LogP contribution is 2.21. The maximum absolute atomic E-state index is 11.9. The first-order valence-corrected chi connectivity index (χ1v) is 7.52. The van der Waals surface area contributed by atoms with Gasteiger partial charge in [0.05, 0.1) is 6.42 Å². The van der Waals surface area contributed by atoms with E-state index in [-0.39, 0.29) is 24.3 Å². The van der Waals surface area contributed by atoms with Gasteiger partial charge in [-0.2, -0.15) is 0 Å². The zero-order valence-corrected chi connectivity index (χ0v) is 13.2. The Kier molecular flexibility index (Phi) is 9.21. The van der Waals surface area contributed by atoms with Crippen LogP contribution in [0.2, 0.25) is 0 Å². The van der Waals surface area contributed by atoms with Gasteiger partial charge in [-0.15, -0.1) is 0 Å². The molecule has 0 rings (SSSR count). The van der Waals surface area contributed by atoms with Gasteiger partial charge in [-0.05, 0) is 30.7 Å². The summed E-state index contributed by atoms with van der Waals surface area (Å²) in [6.07, 6.45) is 2.09. The number of carboxylic acids is 1. The second-order valence-electron chi connectivity index (χ2n) is 5.90. The van der Waals surface area contributed by atoms with Crippen LogP contribution in [0.4, 0.5) is 0 Å². The number of hydrogen-bond donors (Lipinski definition) is 3. The van der Waals surface area contributed by atoms with E-state index in [1.807, 2.05) is 13.8 Å². The smallest absolute Gasteiger partial charge is 0.305 e. The van der Waals surface area contributed by atoms with Crippen molar-refractivity contribution in [2.75, 3.05) is 6.54 Å². The molecule has 4 unspecified atom stereocenters. The quantitative estimate of drug-likeness (QED) is 0.572. The van der Waals surface area contributed by atoms with Gasteiger partial charge in [-0.1, -0.05) is 34.1 Å². The Morgan fingerprint density at radius 1 is 1.25 bits per heavy atom. The van der Waals surface area contributed by atoms with Gasteiger partial charge >= 0.3 is 5.97 Å². The van der Waals surface area contributed by atoms with Gasteiger partial charge in [0.15, 0.2) is 0 Å². The van der Waals surface area contributed by atoms with Crippen molar-refractivity contribution in [1.82, 2.24) is 5.32 Å². The van der Waals surface area contributed by atoms with E-state index in [2.05, 4.69) is 19.2 Å². The Balaban J connectivity index is 4.48. The second kappa shape index (κ2) is 9.75. The van der Waals surface area contributed by atoms with E-state index in [0.29, 0.717) is 24.8 Å². The third-order valence-electron chi connectivity index (χ3n) is 4.18. The highest BCUT2D eigenvalue weighted by atomic mass is 16.4. The van der Waals surface area contributed by atoms with Gasteiger partial charge in [-0.3, -0.25) is 9.59 Å². The molecule has 0 aromatic rings. The number of nitrogens with two attached hydrogens (primary N) is 1. The average molecular weight is 286 g/mol. The van der Waals surface area contributed by atoms with Gasteiger partial charge in [0.2, 0.25) is 5.91 Å². The van der Waals surface area contributed by atoms with E-state index in [1.165, 1.54) is 0 Å². The summed E-state index contributed by atoms with van der Waals surface area (Å²) in [6, 6.07) is -0.303. The Morgan fingerprint density at radius 2 is 1.85 bits per heavy atom. The minimum Gasteiger partial charge on any atom is -0.481 e. The maximum Gasteiger partial charge on any atom is 0.305 e. The summed E-state index contributed by atoms with van der Waals surface area (Å²) in [5, 5.41) is 11.9. The fraction of sp³-hybridized carbons (Fsp3) is 0.867. The summed E-state index contributed by atoms with van der Waals surface area (Å²) >= 11 is 0.